The fourth-order valence-corrected chi connectivity index (χ4v) is 2.78. The van der Waals surface area contributed by atoms with Gasteiger partial charge in [0.25, 0.3) is 0 Å². The number of aliphatic hydroxyl groups is 1. The van der Waals surface area contributed by atoms with E-state index in [0.717, 1.165) is 12.1 Å². The number of halogens is 4. The number of alkyl carbamates (subject to hydrolysis) is 1. The Kier molecular flexibility index (Phi) is 5.61. The summed E-state index contributed by atoms with van der Waals surface area (Å²) in [6.45, 7) is 5.68. The predicted octanol–water partition coefficient (Wildman–Crippen LogP) is 3.54. The Labute approximate surface area is 153 Å². The Balaban J connectivity index is 2.41. The lowest BCUT2D eigenvalue weighted by Gasteiger charge is -2.34. The highest BCUT2D eigenvalue weighted by molar-refractivity contribution is 5.69. The number of nitrogens with zero attached hydrogens (tertiary/aromatic N) is 1. The molecule has 0 saturated heterocycles. The molecule has 1 aromatic heterocycles. The van der Waals surface area contributed by atoms with E-state index in [1.165, 1.54) is 6.92 Å². The van der Waals surface area contributed by atoms with Crippen molar-refractivity contribution < 1.29 is 36.9 Å². The summed E-state index contributed by atoms with van der Waals surface area (Å²) in [5.41, 5.74) is -3.70. The lowest BCUT2D eigenvalue weighted by molar-refractivity contribution is -0.141. The molecule has 152 valence electrons. The number of amides is 1. The second kappa shape index (κ2) is 7.14. The minimum atomic E-state index is -4.70. The van der Waals surface area contributed by atoms with Gasteiger partial charge in [-0.2, -0.15) is 13.2 Å². The van der Waals surface area contributed by atoms with Crippen molar-refractivity contribution in [3.05, 3.63) is 23.4 Å². The number of hydrogen-bond acceptors (Lipinski definition) is 5. The highest BCUT2D eigenvalue weighted by Crippen LogP contribution is 2.46. The molecular weight excluding hydrogens is 372 g/mol. The molecule has 27 heavy (non-hydrogen) atoms. The molecule has 0 radical (unpaired) electrons. The monoisotopic (exact) mass is 394 g/mol. The third-order valence-corrected chi connectivity index (χ3v) is 4.05. The van der Waals surface area contributed by atoms with Crippen LogP contribution in [0.1, 0.15) is 51.4 Å². The minimum Gasteiger partial charge on any atom is -0.465 e. The molecule has 2 rings (SSSR count). The smallest absolute Gasteiger partial charge is 0.433 e. The maximum absolute atomic E-state index is 14.7. The summed E-state index contributed by atoms with van der Waals surface area (Å²) in [5.74, 6) is -0.422. The van der Waals surface area contributed by atoms with Gasteiger partial charge in [-0.3, -0.25) is 0 Å². The molecule has 1 aliphatic heterocycles. The second-order valence-corrected chi connectivity index (χ2v) is 7.43. The summed E-state index contributed by atoms with van der Waals surface area (Å²) >= 11 is 0. The van der Waals surface area contributed by atoms with Gasteiger partial charge in [-0.15, -0.1) is 0 Å². The van der Waals surface area contributed by atoms with Gasteiger partial charge < -0.3 is 19.9 Å². The normalized spacial score (nSPS) is 23.4. The Bertz CT molecular complexity index is 705. The van der Waals surface area contributed by atoms with Gasteiger partial charge in [0, 0.05) is 18.6 Å². The van der Waals surface area contributed by atoms with Crippen LogP contribution in [0, 0.1) is 0 Å². The molecule has 0 unspecified atom stereocenters. The van der Waals surface area contributed by atoms with Crippen LogP contribution in [0.2, 0.25) is 0 Å². The van der Waals surface area contributed by atoms with Gasteiger partial charge in [-0.05, 0) is 39.8 Å². The molecule has 0 bridgehead atoms. The Morgan fingerprint density at radius 2 is 2.04 bits per heavy atom. The number of carbonyl (C=O) groups is 1. The number of carbonyl (C=O) groups excluding carboxylic acids is 1. The van der Waals surface area contributed by atoms with Crippen molar-refractivity contribution >= 4 is 6.09 Å². The van der Waals surface area contributed by atoms with Crippen molar-refractivity contribution in [1.82, 2.24) is 10.3 Å². The van der Waals surface area contributed by atoms with E-state index in [2.05, 4.69) is 10.3 Å². The number of hydrogen-bond donors (Lipinski definition) is 2. The van der Waals surface area contributed by atoms with E-state index in [1.54, 1.807) is 20.8 Å². The zero-order valence-corrected chi connectivity index (χ0v) is 15.4. The van der Waals surface area contributed by atoms with Crippen LogP contribution in [-0.4, -0.2) is 40.2 Å². The number of alkyl halides is 4. The van der Waals surface area contributed by atoms with Crippen LogP contribution in [0.25, 0.3) is 0 Å². The number of nitrogens with one attached hydrogen (secondary N) is 1. The summed E-state index contributed by atoms with van der Waals surface area (Å²) < 4.78 is 64.0. The average molecular weight is 394 g/mol. The molecular formula is C17H22F4N2O4. The number of aromatic nitrogens is 1. The molecule has 2 N–H and O–H groups in total. The lowest BCUT2D eigenvalue weighted by Crippen LogP contribution is -2.51. The quantitative estimate of drug-likeness (QED) is 0.764. The summed E-state index contributed by atoms with van der Waals surface area (Å²) in [5, 5.41) is 11.5. The first-order chi connectivity index (χ1) is 12.3. The first-order valence-electron chi connectivity index (χ1n) is 8.29. The number of rotatable bonds is 4. The van der Waals surface area contributed by atoms with E-state index in [1.807, 2.05) is 0 Å². The molecule has 6 nitrogen and oxygen atoms in total. The van der Waals surface area contributed by atoms with Gasteiger partial charge in [-0.1, -0.05) is 0 Å². The predicted molar refractivity (Wildman–Crippen MR) is 87.0 cm³/mol. The van der Waals surface area contributed by atoms with Gasteiger partial charge in [0.1, 0.15) is 23.5 Å². The van der Waals surface area contributed by atoms with Crippen molar-refractivity contribution in [3.8, 4) is 5.88 Å². The van der Waals surface area contributed by atoms with Crippen LogP contribution >= 0.6 is 0 Å². The first kappa shape index (κ1) is 21.2. The highest BCUT2D eigenvalue weighted by Gasteiger charge is 2.53. The summed E-state index contributed by atoms with van der Waals surface area (Å²) in [7, 11) is 0. The maximum atomic E-state index is 14.7. The SMILES string of the molecule is CC(C)(C)OC(=O)N[C@H]1c2ccc(C(F)(F)F)nc2O[C@]1(C)[C@@H](F)CCO. The van der Waals surface area contributed by atoms with E-state index in [0.29, 0.717) is 0 Å². The van der Waals surface area contributed by atoms with Crippen molar-refractivity contribution in [2.75, 3.05) is 6.61 Å². The topological polar surface area (TPSA) is 80.7 Å². The zero-order chi connectivity index (χ0) is 20.6. The molecule has 1 aromatic rings. The Morgan fingerprint density at radius 1 is 1.41 bits per heavy atom. The molecule has 2 heterocycles. The molecule has 1 aliphatic rings. The fourth-order valence-electron chi connectivity index (χ4n) is 2.78. The zero-order valence-electron chi connectivity index (χ0n) is 15.4. The standard InChI is InChI=1S/C17H22F4N2O4/c1-15(2,3)27-14(25)23-12-9-5-6-11(17(19,20)21)22-13(9)26-16(12,4)10(18)7-8-24/h5-6,10,12,24H,7-8H2,1-4H3,(H,23,25)/t10-,12-,16+/m0/s1. The second-order valence-electron chi connectivity index (χ2n) is 7.43. The van der Waals surface area contributed by atoms with Crippen LogP contribution < -0.4 is 10.1 Å². The fraction of sp³-hybridized carbons (Fsp3) is 0.647. The van der Waals surface area contributed by atoms with Crippen LogP contribution in [-0.2, 0) is 10.9 Å². The number of pyridine rings is 1. The van der Waals surface area contributed by atoms with Gasteiger partial charge in [0.05, 0.1) is 0 Å². The third kappa shape index (κ3) is 4.60. The van der Waals surface area contributed by atoms with Crippen molar-refractivity contribution in [3.63, 3.8) is 0 Å². The molecule has 0 aromatic carbocycles. The molecule has 3 atom stereocenters. The number of fused-ring (bicyclic) bond motifs is 1. The van der Waals surface area contributed by atoms with Crippen LogP contribution in [0.15, 0.2) is 12.1 Å². The lowest BCUT2D eigenvalue weighted by atomic mass is 9.87. The van der Waals surface area contributed by atoms with Crippen molar-refractivity contribution in [2.24, 2.45) is 0 Å². The van der Waals surface area contributed by atoms with Gasteiger partial charge in [0.15, 0.2) is 5.60 Å². The summed E-state index contributed by atoms with van der Waals surface area (Å²) in [4.78, 5) is 15.6. The Morgan fingerprint density at radius 3 is 2.56 bits per heavy atom. The Hall–Kier alpha value is -2.10. The molecule has 0 spiro atoms. The van der Waals surface area contributed by atoms with Crippen molar-refractivity contribution in [1.29, 1.82) is 0 Å². The third-order valence-electron chi connectivity index (χ3n) is 4.05. The van der Waals surface area contributed by atoms with E-state index in [9.17, 15) is 22.4 Å². The average Bonchev–Trinajstić information content (AvgIpc) is 2.77. The maximum Gasteiger partial charge on any atom is 0.433 e. The first-order valence-corrected chi connectivity index (χ1v) is 8.29. The van der Waals surface area contributed by atoms with E-state index >= 15 is 0 Å². The van der Waals surface area contributed by atoms with Crippen LogP contribution in [0.4, 0.5) is 22.4 Å². The van der Waals surface area contributed by atoms with E-state index < -0.39 is 53.9 Å². The van der Waals surface area contributed by atoms with Crippen molar-refractivity contribution in [2.45, 2.75) is 63.7 Å². The summed E-state index contributed by atoms with van der Waals surface area (Å²) in [6.07, 6.45) is -7.70. The van der Waals surface area contributed by atoms with Crippen LogP contribution in [0.3, 0.4) is 0 Å². The van der Waals surface area contributed by atoms with Gasteiger partial charge in [-0.25, -0.2) is 14.2 Å². The molecule has 10 heteroatoms. The van der Waals surface area contributed by atoms with Gasteiger partial charge >= 0.3 is 12.3 Å². The van der Waals surface area contributed by atoms with E-state index in [-0.39, 0.29) is 12.0 Å². The van der Waals surface area contributed by atoms with Crippen LogP contribution in [0.5, 0.6) is 5.88 Å². The molecule has 0 fully saturated rings. The molecule has 0 saturated carbocycles. The van der Waals surface area contributed by atoms with Gasteiger partial charge in [0.2, 0.25) is 5.88 Å². The number of aliphatic hydroxyl groups excluding tert-OH is 1. The number of ether oxygens (including phenoxy) is 2. The molecule has 0 aliphatic carbocycles. The highest BCUT2D eigenvalue weighted by atomic mass is 19.4. The summed E-state index contributed by atoms with van der Waals surface area (Å²) in [6, 6.07) is 0.667. The molecule has 1 amide bonds. The minimum absolute atomic E-state index is 0.0944. The largest absolute Gasteiger partial charge is 0.465 e. The van der Waals surface area contributed by atoms with E-state index in [4.69, 9.17) is 14.6 Å².